The van der Waals surface area contributed by atoms with Crippen molar-refractivity contribution in [2.24, 2.45) is 0 Å². The Hall–Kier alpha value is -2.01. The first-order valence-electron chi connectivity index (χ1n) is 8.06. The highest BCUT2D eigenvalue weighted by Crippen LogP contribution is 2.56. The molecule has 0 saturated carbocycles. The van der Waals surface area contributed by atoms with Gasteiger partial charge in [-0.1, -0.05) is 0 Å². The normalized spacial score (nSPS) is 27.4. The maximum atomic E-state index is 13.0. The minimum absolute atomic E-state index is 0.604. The quantitative estimate of drug-likeness (QED) is 0.326. The van der Waals surface area contributed by atoms with Crippen molar-refractivity contribution in [2.45, 2.75) is 51.0 Å². The van der Waals surface area contributed by atoms with Gasteiger partial charge in [0.05, 0.1) is 7.11 Å². The maximum Gasteiger partial charge on any atom is 0.360 e. The van der Waals surface area contributed by atoms with Crippen LogP contribution in [0.25, 0.3) is 0 Å². The molecular weight excluding hydrogens is 401 g/mol. The van der Waals surface area contributed by atoms with E-state index in [4.69, 9.17) is 23.3 Å². The van der Waals surface area contributed by atoms with E-state index in [9.17, 15) is 23.7 Å². The minimum Gasteiger partial charge on any atom is -0.467 e. The van der Waals surface area contributed by atoms with Gasteiger partial charge < -0.3 is 33.3 Å². The van der Waals surface area contributed by atoms with Gasteiger partial charge >= 0.3 is 25.5 Å². The fourth-order valence-electron chi connectivity index (χ4n) is 2.75. The van der Waals surface area contributed by atoms with E-state index in [-0.39, 0.29) is 0 Å². The third-order valence-electron chi connectivity index (χ3n) is 3.80. The van der Waals surface area contributed by atoms with Gasteiger partial charge in [-0.05, 0) is 0 Å². The maximum absolute atomic E-state index is 13.0. The molecule has 28 heavy (non-hydrogen) atoms. The van der Waals surface area contributed by atoms with Gasteiger partial charge in [-0.3, -0.25) is 18.9 Å². The number of hydrogen-bond acceptors (Lipinski definition) is 11. The number of hydrogen-bond donors (Lipinski definition) is 1. The molecule has 1 N–H and O–H groups in total. The lowest BCUT2D eigenvalue weighted by atomic mass is 9.97. The molecule has 5 atom stereocenters. The van der Waals surface area contributed by atoms with E-state index in [0.717, 1.165) is 42.1 Å². The molecule has 160 valence electrons. The van der Waals surface area contributed by atoms with Crippen LogP contribution in [0.15, 0.2) is 0 Å². The standard InChI is InChI=1S/C15H24NO11P/c1-7(17)16-10-11(25-8(2)18)12(26-9(3)19)13(14(20)22-4)27-15(10)28(21,23-5)24-6/h10-13,15H,1-6H3,(H,16,17)/t10-,11-,12+,13+,15+/m1/s1. The van der Waals surface area contributed by atoms with Crippen LogP contribution in [0.4, 0.5) is 0 Å². The van der Waals surface area contributed by atoms with Crippen LogP contribution < -0.4 is 5.32 Å². The van der Waals surface area contributed by atoms with Gasteiger partial charge in [0, 0.05) is 35.0 Å². The van der Waals surface area contributed by atoms with E-state index in [1.807, 2.05) is 0 Å². The highest BCUT2D eigenvalue weighted by atomic mass is 31.2. The van der Waals surface area contributed by atoms with E-state index < -0.39 is 61.6 Å². The van der Waals surface area contributed by atoms with Gasteiger partial charge in [0.2, 0.25) is 5.91 Å². The van der Waals surface area contributed by atoms with Crippen LogP contribution >= 0.6 is 7.60 Å². The lowest BCUT2D eigenvalue weighted by molar-refractivity contribution is -0.214. The number of carbonyl (C=O) groups is 4. The van der Waals surface area contributed by atoms with Gasteiger partial charge in [0.15, 0.2) is 24.2 Å². The molecule has 0 aromatic heterocycles. The second kappa shape index (κ2) is 9.97. The minimum atomic E-state index is -4.07. The third-order valence-corrected chi connectivity index (χ3v) is 5.88. The summed E-state index contributed by atoms with van der Waals surface area (Å²) in [5, 5.41) is 2.43. The van der Waals surface area contributed by atoms with Gasteiger partial charge in [0.25, 0.3) is 0 Å². The molecule has 1 amide bonds. The molecule has 1 aliphatic rings. The van der Waals surface area contributed by atoms with Crippen LogP contribution in [-0.2, 0) is 51.7 Å². The molecule has 0 aromatic rings. The lowest BCUT2D eigenvalue weighted by Crippen LogP contribution is -2.66. The average Bonchev–Trinajstić information content (AvgIpc) is 2.62. The number of carbonyl (C=O) groups excluding carboxylic acids is 4. The molecule has 12 nitrogen and oxygen atoms in total. The Morgan fingerprint density at radius 3 is 1.79 bits per heavy atom. The van der Waals surface area contributed by atoms with Crippen LogP contribution in [0.2, 0.25) is 0 Å². The van der Waals surface area contributed by atoms with E-state index in [1.165, 1.54) is 0 Å². The predicted molar refractivity (Wildman–Crippen MR) is 91.0 cm³/mol. The van der Waals surface area contributed by atoms with Crippen LogP contribution in [0.1, 0.15) is 20.8 Å². The molecule has 0 radical (unpaired) electrons. The van der Waals surface area contributed by atoms with E-state index >= 15 is 0 Å². The Bertz CT molecular complexity index is 658. The molecular formula is C15H24NO11P. The van der Waals surface area contributed by atoms with Crippen molar-refractivity contribution in [3.63, 3.8) is 0 Å². The van der Waals surface area contributed by atoms with E-state index in [0.29, 0.717) is 0 Å². The summed E-state index contributed by atoms with van der Waals surface area (Å²) in [6, 6.07) is -1.34. The van der Waals surface area contributed by atoms with Crippen LogP contribution in [0.5, 0.6) is 0 Å². The van der Waals surface area contributed by atoms with E-state index in [1.54, 1.807) is 0 Å². The number of ether oxygens (including phenoxy) is 4. The fraction of sp³-hybridized carbons (Fsp3) is 0.733. The van der Waals surface area contributed by atoms with Gasteiger partial charge in [-0.15, -0.1) is 0 Å². The first-order valence-corrected chi connectivity index (χ1v) is 9.67. The molecule has 13 heteroatoms. The summed E-state index contributed by atoms with van der Waals surface area (Å²) in [5.74, 6) is -4.81. The molecule has 0 aliphatic carbocycles. The van der Waals surface area contributed by atoms with Crippen LogP contribution in [0.3, 0.4) is 0 Å². The lowest BCUT2D eigenvalue weighted by Gasteiger charge is -2.45. The zero-order chi connectivity index (χ0) is 21.6. The van der Waals surface area contributed by atoms with Gasteiger partial charge in [-0.25, -0.2) is 4.79 Å². The van der Waals surface area contributed by atoms with Crippen molar-refractivity contribution in [1.82, 2.24) is 5.32 Å². The van der Waals surface area contributed by atoms with E-state index in [2.05, 4.69) is 10.1 Å². The summed E-state index contributed by atoms with van der Waals surface area (Å²) in [5.41, 5.74) is 0. The topological polar surface area (TPSA) is 153 Å². The van der Waals surface area contributed by atoms with Crippen molar-refractivity contribution < 1.29 is 51.7 Å². The van der Waals surface area contributed by atoms with Gasteiger partial charge in [0.1, 0.15) is 6.04 Å². The van der Waals surface area contributed by atoms with Crippen molar-refractivity contribution in [3.05, 3.63) is 0 Å². The van der Waals surface area contributed by atoms with Crippen LogP contribution in [-0.4, -0.2) is 75.3 Å². The third kappa shape index (κ3) is 5.51. The fourth-order valence-corrected chi connectivity index (χ4v) is 4.23. The Kier molecular flexibility index (Phi) is 8.55. The number of esters is 3. The Labute approximate surface area is 161 Å². The second-order valence-corrected chi connectivity index (χ2v) is 8.07. The number of rotatable bonds is 7. The molecule has 0 aromatic carbocycles. The summed E-state index contributed by atoms with van der Waals surface area (Å²) in [6.07, 6.45) is -4.58. The molecule has 0 bridgehead atoms. The Morgan fingerprint density at radius 1 is 0.893 bits per heavy atom. The van der Waals surface area contributed by atoms with Gasteiger partial charge in [-0.2, -0.15) is 0 Å². The molecule has 1 saturated heterocycles. The Morgan fingerprint density at radius 2 is 1.39 bits per heavy atom. The number of amides is 1. The second-order valence-electron chi connectivity index (χ2n) is 5.75. The van der Waals surface area contributed by atoms with Crippen molar-refractivity contribution in [3.8, 4) is 0 Å². The zero-order valence-corrected chi connectivity index (χ0v) is 17.2. The zero-order valence-electron chi connectivity index (χ0n) is 16.3. The molecule has 1 fully saturated rings. The first kappa shape index (κ1) is 24.0. The molecule has 0 unspecified atom stereocenters. The first-order chi connectivity index (χ1) is 13.0. The SMILES string of the molecule is COC(=O)[C@H]1O[C@@H](P(=O)(OC)OC)[C@H](NC(C)=O)[C@@H](OC(C)=O)[C@@H]1OC(C)=O. The molecule has 1 aliphatic heterocycles. The molecule has 0 spiro atoms. The summed E-state index contributed by atoms with van der Waals surface area (Å²) >= 11 is 0. The number of methoxy groups -OCH3 is 1. The van der Waals surface area contributed by atoms with Crippen molar-refractivity contribution in [1.29, 1.82) is 0 Å². The summed E-state index contributed by atoms with van der Waals surface area (Å²) in [4.78, 5) is 47.2. The highest BCUT2D eigenvalue weighted by molar-refractivity contribution is 7.54. The average molecular weight is 425 g/mol. The highest BCUT2D eigenvalue weighted by Gasteiger charge is 2.59. The monoisotopic (exact) mass is 425 g/mol. The molecule has 1 rings (SSSR count). The van der Waals surface area contributed by atoms with Crippen molar-refractivity contribution in [2.75, 3.05) is 21.3 Å². The smallest absolute Gasteiger partial charge is 0.360 e. The largest absolute Gasteiger partial charge is 0.467 e. The Balaban J connectivity index is 3.58. The number of nitrogens with one attached hydrogen (secondary N) is 1. The van der Waals surface area contributed by atoms with Crippen LogP contribution in [0, 0.1) is 0 Å². The van der Waals surface area contributed by atoms with Crippen molar-refractivity contribution >= 4 is 31.4 Å². The summed E-state index contributed by atoms with van der Waals surface area (Å²) in [6.45, 7) is 3.28. The summed E-state index contributed by atoms with van der Waals surface area (Å²) < 4.78 is 43.4. The predicted octanol–water partition coefficient (Wildman–Crippen LogP) is -0.262. The summed E-state index contributed by atoms with van der Waals surface area (Å²) in [7, 11) is -0.872. The molecule has 1 heterocycles.